The van der Waals surface area contributed by atoms with E-state index in [0.29, 0.717) is 28.1 Å². The Morgan fingerprint density at radius 2 is 1.78 bits per heavy atom. The number of primary amides is 1. The lowest BCUT2D eigenvalue weighted by molar-refractivity contribution is -0.148. The first-order chi connectivity index (χ1) is 19.2. The Balaban J connectivity index is 1.75. The van der Waals surface area contributed by atoms with Gasteiger partial charge in [-0.2, -0.15) is 0 Å². The van der Waals surface area contributed by atoms with Crippen LogP contribution in [0.3, 0.4) is 0 Å². The van der Waals surface area contributed by atoms with Gasteiger partial charge in [-0.15, -0.1) is 0 Å². The number of fused-ring (bicyclic) bond motifs is 3. The number of benzene rings is 2. The Bertz CT molecular complexity index is 1570. The molecule has 1 amide bonds. The predicted molar refractivity (Wildman–Crippen MR) is 150 cm³/mol. The van der Waals surface area contributed by atoms with Crippen LogP contribution < -0.4 is 15.4 Å². The number of nitrogens with two attached hydrogens (primary N) is 1. The second-order valence-corrected chi connectivity index (χ2v) is 11.2. The van der Waals surface area contributed by atoms with Gasteiger partial charge in [0.05, 0.1) is 18.7 Å². The van der Waals surface area contributed by atoms with Gasteiger partial charge in [-0.05, 0) is 62.2 Å². The van der Waals surface area contributed by atoms with Crippen molar-refractivity contribution in [3.05, 3.63) is 64.1 Å². The highest BCUT2D eigenvalue weighted by Crippen LogP contribution is 2.54. The number of ketones is 2. The van der Waals surface area contributed by atoms with Crippen molar-refractivity contribution < 1.29 is 39.5 Å². The summed E-state index contributed by atoms with van der Waals surface area (Å²) in [6.45, 7) is 0. The molecule has 2 aromatic rings. The second kappa shape index (κ2) is 9.64. The molecule has 2 unspecified atom stereocenters. The SMILES string of the molecule is COc1cccc(-c2cc(N(C)C)c3c(c2O)C(=O)C2=C(O)[C@]4(O)C(=O)C(C(N)=O)=C(O)[C@@H](N(C)C)C4CC2C3)c1. The van der Waals surface area contributed by atoms with E-state index in [9.17, 15) is 34.8 Å². The second-order valence-electron chi connectivity index (χ2n) is 11.2. The number of ether oxygens (including phenoxy) is 1. The standard InChI is InChI=1S/C30H33N3O8/c1-32(2)19-12-16(13-7-6-8-15(9-13)41-5)24(34)21-17(19)10-14-11-18-23(33(3)4)26(36)22(29(31)39)28(38)30(18,40)27(37)20(14)25(21)35/h6-9,12,14,18,23,34,36-37,40H,10-11H2,1-5H3,(H2,31,39)/t14?,18?,23-,30-/m0/s1. The molecule has 0 saturated carbocycles. The Labute approximate surface area is 236 Å². The van der Waals surface area contributed by atoms with Gasteiger partial charge in [-0.3, -0.25) is 19.3 Å². The van der Waals surface area contributed by atoms with Gasteiger partial charge in [0, 0.05) is 36.8 Å². The number of aliphatic hydroxyl groups is 3. The number of likely N-dealkylation sites (N-methyl/N-ethyl adjacent to an activating group) is 1. The van der Waals surface area contributed by atoms with E-state index in [0.717, 1.165) is 0 Å². The molecule has 0 fully saturated rings. The van der Waals surface area contributed by atoms with Crippen LogP contribution >= 0.6 is 0 Å². The first-order valence-corrected chi connectivity index (χ1v) is 13.1. The molecule has 216 valence electrons. The van der Waals surface area contributed by atoms with Gasteiger partial charge in [-0.25, -0.2) is 0 Å². The van der Waals surface area contributed by atoms with Gasteiger partial charge in [0.15, 0.2) is 11.4 Å². The van der Waals surface area contributed by atoms with E-state index >= 15 is 0 Å². The van der Waals surface area contributed by atoms with E-state index < -0.39 is 58.0 Å². The molecule has 2 aromatic carbocycles. The number of allylic oxidation sites excluding steroid dienone is 1. The normalized spacial score (nSPS) is 25.6. The zero-order valence-electron chi connectivity index (χ0n) is 23.4. The third-order valence-corrected chi connectivity index (χ3v) is 8.56. The molecule has 0 saturated heterocycles. The number of hydrogen-bond acceptors (Lipinski definition) is 10. The van der Waals surface area contributed by atoms with Crippen LogP contribution in [0.2, 0.25) is 0 Å². The number of carbonyl (C=O) groups excluding carboxylic acids is 3. The smallest absolute Gasteiger partial charge is 0.255 e. The molecular formula is C30H33N3O8. The number of rotatable bonds is 5. The summed E-state index contributed by atoms with van der Waals surface area (Å²) >= 11 is 0. The summed E-state index contributed by atoms with van der Waals surface area (Å²) in [5.74, 6) is -6.26. The minimum atomic E-state index is -2.69. The molecule has 0 aliphatic heterocycles. The summed E-state index contributed by atoms with van der Waals surface area (Å²) < 4.78 is 5.33. The minimum Gasteiger partial charge on any atom is -0.510 e. The minimum absolute atomic E-state index is 0.0248. The molecule has 0 bridgehead atoms. The summed E-state index contributed by atoms with van der Waals surface area (Å²) in [4.78, 5) is 43.2. The number of anilines is 1. The fourth-order valence-electron chi connectivity index (χ4n) is 6.71. The van der Waals surface area contributed by atoms with E-state index in [-0.39, 0.29) is 29.7 Å². The first-order valence-electron chi connectivity index (χ1n) is 13.1. The van der Waals surface area contributed by atoms with Gasteiger partial charge in [0.2, 0.25) is 5.78 Å². The Hall–Kier alpha value is -4.35. The zero-order chi connectivity index (χ0) is 30.1. The lowest BCUT2D eigenvalue weighted by atomic mass is 9.58. The number of methoxy groups -OCH3 is 1. The highest BCUT2D eigenvalue weighted by atomic mass is 16.5. The fraction of sp³-hybridized carbons (Fsp3) is 0.367. The summed E-state index contributed by atoms with van der Waals surface area (Å²) in [7, 11) is 8.32. The van der Waals surface area contributed by atoms with Crippen LogP contribution in [0.5, 0.6) is 11.5 Å². The number of aromatic hydroxyl groups is 1. The molecule has 0 spiro atoms. The summed E-state index contributed by atoms with van der Waals surface area (Å²) in [6.07, 6.45) is 0.227. The fourth-order valence-corrected chi connectivity index (χ4v) is 6.71. The molecule has 5 rings (SSSR count). The number of aliphatic hydroxyl groups excluding tert-OH is 2. The Kier molecular flexibility index (Phi) is 6.62. The monoisotopic (exact) mass is 563 g/mol. The molecule has 0 aromatic heterocycles. The van der Waals surface area contributed by atoms with Gasteiger partial charge in [0.1, 0.15) is 28.6 Å². The van der Waals surface area contributed by atoms with E-state index in [2.05, 4.69) is 0 Å². The van der Waals surface area contributed by atoms with Crippen LogP contribution in [-0.4, -0.2) is 89.7 Å². The maximum Gasteiger partial charge on any atom is 0.255 e. The van der Waals surface area contributed by atoms with Crippen molar-refractivity contribution in [2.75, 3.05) is 40.2 Å². The number of phenols is 1. The van der Waals surface area contributed by atoms with E-state index in [1.165, 1.54) is 12.0 Å². The molecule has 4 atom stereocenters. The maximum atomic E-state index is 14.2. The summed E-state index contributed by atoms with van der Waals surface area (Å²) in [5, 5.41) is 45.8. The molecule has 3 aliphatic carbocycles. The van der Waals surface area contributed by atoms with Crippen molar-refractivity contribution in [2.24, 2.45) is 17.6 Å². The van der Waals surface area contributed by atoms with Crippen molar-refractivity contribution >= 4 is 23.2 Å². The summed E-state index contributed by atoms with van der Waals surface area (Å²) in [6, 6.07) is 7.71. The van der Waals surface area contributed by atoms with Gasteiger partial charge >= 0.3 is 0 Å². The maximum absolute atomic E-state index is 14.2. The van der Waals surface area contributed by atoms with Crippen molar-refractivity contribution in [1.82, 2.24) is 4.90 Å². The predicted octanol–water partition coefficient (Wildman–Crippen LogP) is 1.86. The van der Waals surface area contributed by atoms with E-state index in [1.54, 1.807) is 44.4 Å². The largest absolute Gasteiger partial charge is 0.510 e. The van der Waals surface area contributed by atoms with Crippen LogP contribution in [0.4, 0.5) is 5.69 Å². The van der Waals surface area contributed by atoms with Crippen LogP contribution in [0.25, 0.3) is 11.1 Å². The number of carbonyl (C=O) groups is 3. The van der Waals surface area contributed by atoms with Crippen molar-refractivity contribution in [1.29, 1.82) is 0 Å². The van der Waals surface area contributed by atoms with Gasteiger partial charge < -0.3 is 35.8 Å². The third-order valence-electron chi connectivity index (χ3n) is 8.56. The van der Waals surface area contributed by atoms with Gasteiger partial charge in [0.25, 0.3) is 5.91 Å². The number of phenolic OH excluding ortho intramolecular Hbond substituents is 1. The Morgan fingerprint density at radius 1 is 1.10 bits per heavy atom. The molecule has 3 aliphatic rings. The molecule has 6 N–H and O–H groups in total. The lowest BCUT2D eigenvalue weighted by Gasteiger charge is -2.50. The zero-order valence-corrected chi connectivity index (χ0v) is 23.4. The summed E-state index contributed by atoms with van der Waals surface area (Å²) in [5.41, 5.74) is 3.80. The number of amides is 1. The third kappa shape index (κ3) is 3.91. The highest BCUT2D eigenvalue weighted by Gasteiger charge is 2.63. The molecule has 0 radical (unpaired) electrons. The van der Waals surface area contributed by atoms with Crippen LogP contribution in [0.15, 0.2) is 53.0 Å². The average Bonchev–Trinajstić information content (AvgIpc) is 2.90. The quantitative estimate of drug-likeness (QED) is 0.338. The molecule has 41 heavy (non-hydrogen) atoms. The molecule has 11 heteroatoms. The average molecular weight is 564 g/mol. The van der Waals surface area contributed by atoms with Crippen molar-refractivity contribution in [3.8, 4) is 22.6 Å². The van der Waals surface area contributed by atoms with E-state index in [1.807, 2.05) is 19.0 Å². The number of Topliss-reactive ketones (excluding diaryl/α,β-unsaturated/α-hetero) is 2. The Morgan fingerprint density at radius 3 is 2.37 bits per heavy atom. The topological polar surface area (TPSA) is 174 Å². The van der Waals surface area contributed by atoms with Crippen LogP contribution in [0, 0.1) is 11.8 Å². The van der Waals surface area contributed by atoms with E-state index in [4.69, 9.17) is 10.5 Å². The number of hydrogen-bond donors (Lipinski definition) is 5. The van der Waals surface area contributed by atoms with Crippen molar-refractivity contribution in [3.63, 3.8) is 0 Å². The molecule has 0 heterocycles. The van der Waals surface area contributed by atoms with Crippen molar-refractivity contribution in [2.45, 2.75) is 24.5 Å². The molecule has 11 nitrogen and oxygen atoms in total. The number of nitrogens with zero attached hydrogens (tertiary/aromatic N) is 2. The van der Waals surface area contributed by atoms with Crippen LogP contribution in [-0.2, 0) is 16.0 Å². The van der Waals surface area contributed by atoms with Crippen LogP contribution in [0.1, 0.15) is 22.3 Å². The lowest BCUT2D eigenvalue weighted by Crippen LogP contribution is -2.63. The first kappa shape index (κ1) is 28.2. The van der Waals surface area contributed by atoms with Gasteiger partial charge in [-0.1, -0.05) is 12.1 Å². The molecular weight excluding hydrogens is 530 g/mol. The highest BCUT2D eigenvalue weighted by molar-refractivity contribution is 6.25.